The van der Waals surface area contributed by atoms with Crippen molar-refractivity contribution in [2.24, 2.45) is 5.84 Å². The molecule has 0 fully saturated rings. The number of H-pyrrole nitrogens is 1. The van der Waals surface area contributed by atoms with Crippen molar-refractivity contribution in [3.63, 3.8) is 0 Å². The van der Waals surface area contributed by atoms with Gasteiger partial charge in [0, 0.05) is 5.57 Å². The van der Waals surface area contributed by atoms with Gasteiger partial charge in [-0.05, 0) is 54.8 Å². The van der Waals surface area contributed by atoms with Crippen molar-refractivity contribution in [3.8, 4) is 28.3 Å². The maximum atomic E-state index is 12.2. The first-order valence-corrected chi connectivity index (χ1v) is 9.88. The zero-order chi connectivity index (χ0) is 23.3. The van der Waals surface area contributed by atoms with E-state index in [0.29, 0.717) is 23.5 Å². The molecule has 0 saturated heterocycles. The van der Waals surface area contributed by atoms with Gasteiger partial charge >= 0.3 is 5.97 Å². The van der Waals surface area contributed by atoms with Crippen LogP contribution in [0.15, 0.2) is 52.8 Å². The van der Waals surface area contributed by atoms with Crippen molar-refractivity contribution >= 4 is 23.6 Å². The first-order valence-electron chi connectivity index (χ1n) is 9.88. The van der Waals surface area contributed by atoms with E-state index in [1.54, 1.807) is 19.1 Å². The monoisotopic (exact) mass is 435 g/mol. The number of anilines is 2. The van der Waals surface area contributed by atoms with Gasteiger partial charge in [-0.25, -0.2) is 15.6 Å². The van der Waals surface area contributed by atoms with Crippen molar-refractivity contribution in [2.75, 3.05) is 24.9 Å². The SMILES string of the molecule is CCOc1cc(-c2cccc(/C=C(\C)C(=O)OC)c2)ccc1-c1nc(NN)c(N)c(=O)[nH]1. The van der Waals surface area contributed by atoms with Crippen LogP contribution >= 0.6 is 0 Å². The van der Waals surface area contributed by atoms with Gasteiger partial charge in [0.05, 0.1) is 19.3 Å². The summed E-state index contributed by atoms with van der Waals surface area (Å²) in [7, 11) is 1.35. The largest absolute Gasteiger partial charge is 0.493 e. The standard InChI is InChI=1S/C23H25N5O4/c1-4-32-18-12-16(15-7-5-6-14(11-15)10-13(2)23(30)31-3)8-9-17(18)20-26-21(28-25)19(24)22(29)27-20/h5-12H,4,24-25H2,1-3H3,(H2,26,27,28,29)/b13-10+. The number of esters is 1. The summed E-state index contributed by atoms with van der Waals surface area (Å²) in [6.45, 7) is 3.98. The lowest BCUT2D eigenvalue weighted by Gasteiger charge is -2.13. The summed E-state index contributed by atoms with van der Waals surface area (Å²) in [4.78, 5) is 30.8. The minimum absolute atomic E-state index is 0.0794. The number of nitrogens with zero attached hydrogens (tertiary/aromatic N) is 1. The molecular weight excluding hydrogens is 410 g/mol. The highest BCUT2D eigenvalue weighted by Gasteiger charge is 2.14. The normalized spacial score (nSPS) is 11.2. The van der Waals surface area contributed by atoms with E-state index in [4.69, 9.17) is 21.1 Å². The molecule has 0 spiro atoms. The molecule has 1 heterocycles. The van der Waals surface area contributed by atoms with Gasteiger partial charge in [-0.3, -0.25) is 4.79 Å². The molecule has 0 amide bonds. The molecule has 9 nitrogen and oxygen atoms in total. The number of nitrogen functional groups attached to an aromatic ring is 2. The second kappa shape index (κ2) is 9.80. The highest BCUT2D eigenvalue weighted by Crippen LogP contribution is 2.33. The lowest BCUT2D eigenvalue weighted by Crippen LogP contribution is -2.20. The minimum atomic E-state index is -0.505. The summed E-state index contributed by atoms with van der Waals surface area (Å²) < 4.78 is 10.6. The Morgan fingerprint density at radius 1 is 1.22 bits per heavy atom. The molecule has 1 aromatic heterocycles. The number of hydrogen-bond acceptors (Lipinski definition) is 8. The predicted octanol–water partition coefficient (Wildman–Crippen LogP) is 2.95. The number of carbonyl (C=O) groups is 1. The van der Waals surface area contributed by atoms with Crippen LogP contribution in [0.1, 0.15) is 19.4 Å². The van der Waals surface area contributed by atoms with Crippen LogP contribution in [0.2, 0.25) is 0 Å². The molecule has 0 aliphatic heterocycles. The number of rotatable bonds is 7. The molecule has 9 heteroatoms. The average Bonchev–Trinajstić information content (AvgIpc) is 2.80. The quantitative estimate of drug-likeness (QED) is 0.192. The fourth-order valence-electron chi connectivity index (χ4n) is 3.17. The number of carbonyl (C=O) groups excluding carboxylic acids is 1. The van der Waals surface area contributed by atoms with E-state index in [-0.39, 0.29) is 23.3 Å². The van der Waals surface area contributed by atoms with Crippen molar-refractivity contribution in [1.82, 2.24) is 9.97 Å². The Morgan fingerprint density at radius 3 is 2.66 bits per heavy atom. The fourth-order valence-corrected chi connectivity index (χ4v) is 3.17. The van der Waals surface area contributed by atoms with Crippen LogP contribution in [0, 0.1) is 0 Å². The maximum absolute atomic E-state index is 12.2. The van der Waals surface area contributed by atoms with E-state index < -0.39 is 5.56 Å². The van der Waals surface area contributed by atoms with E-state index >= 15 is 0 Å². The molecule has 2 aromatic carbocycles. The van der Waals surface area contributed by atoms with Gasteiger partial charge in [-0.15, -0.1) is 0 Å². The molecule has 0 unspecified atom stereocenters. The van der Waals surface area contributed by atoms with Crippen molar-refractivity contribution < 1.29 is 14.3 Å². The van der Waals surface area contributed by atoms with Crippen LogP contribution in [0.4, 0.5) is 11.5 Å². The molecule has 3 rings (SSSR count). The lowest BCUT2D eigenvalue weighted by atomic mass is 10.00. The van der Waals surface area contributed by atoms with E-state index in [2.05, 4.69) is 15.4 Å². The number of aromatic amines is 1. The summed E-state index contributed by atoms with van der Waals surface area (Å²) >= 11 is 0. The molecule has 0 saturated carbocycles. The number of hydrogen-bond donors (Lipinski definition) is 4. The van der Waals surface area contributed by atoms with Crippen LogP contribution < -0.4 is 27.3 Å². The number of benzene rings is 2. The van der Waals surface area contributed by atoms with Gasteiger partial charge in [0.25, 0.3) is 5.56 Å². The second-order valence-electron chi connectivity index (χ2n) is 6.91. The Morgan fingerprint density at radius 2 is 1.97 bits per heavy atom. The summed E-state index contributed by atoms with van der Waals surface area (Å²) in [5.41, 5.74) is 11.2. The number of methoxy groups -OCH3 is 1. The maximum Gasteiger partial charge on any atom is 0.333 e. The zero-order valence-corrected chi connectivity index (χ0v) is 18.1. The van der Waals surface area contributed by atoms with E-state index in [1.165, 1.54) is 7.11 Å². The van der Waals surface area contributed by atoms with Crippen LogP contribution in [-0.2, 0) is 9.53 Å². The first kappa shape index (κ1) is 22.6. The van der Waals surface area contributed by atoms with Crippen LogP contribution in [0.3, 0.4) is 0 Å². The van der Waals surface area contributed by atoms with Gasteiger partial charge in [-0.1, -0.05) is 24.3 Å². The molecule has 166 valence electrons. The van der Waals surface area contributed by atoms with Gasteiger partial charge < -0.3 is 25.6 Å². The molecule has 6 N–H and O–H groups in total. The zero-order valence-electron chi connectivity index (χ0n) is 18.1. The Balaban J connectivity index is 2.06. The molecular formula is C23H25N5O4. The van der Waals surface area contributed by atoms with Crippen molar-refractivity contribution in [3.05, 3.63) is 64.0 Å². The van der Waals surface area contributed by atoms with E-state index in [9.17, 15) is 9.59 Å². The second-order valence-corrected chi connectivity index (χ2v) is 6.91. The molecule has 3 aromatic rings. The van der Waals surface area contributed by atoms with Crippen LogP contribution in [0.5, 0.6) is 5.75 Å². The third-order valence-corrected chi connectivity index (χ3v) is 4.74. The van der Waals surface area contributed by atoms with Crippen LogP contribution in [0.25, 0.3) is 28.6 Å². The van der Waals surface area contributed by atoms with Gasteiger partial charge in [0.2, 0.25) is 0 Å². The highest BCUT2D eigenvalue weighted by molar-refractivity contribution is 5.93. The summed E-state index contributed by atoms with van der Waals surface area (Å²) in [5.74, 6) is 5.94. The lowest BCUT2D eigenvalue weighted by molar-refractivity contribution is -0.135. The molecule has 0 aliphatic carbocycles. The van der Waals surface area contributed by atoms with Gasteiger partial charge in [-0.2, -0.15) is 0 Å². The fraction of sp³-hybridized carbons (Fsp3) is 0.174. The van der Waals surface area contributed by atoms with Crippen LogP contribution in [-0.4, -0.2) is 29.7 Å². The van der Waals surface area contributed by atoms with Crippen molar-refractivity contribution in [1.29, 1.82) is 0 Å². The van der Waals surface area contributed by atoms with Gasteiger partial charge in [0.15, 0.2) is 5.82 Å². The average molecular weight is 435 g/mol. The number of nitrogens with one attached hydrogen (secondary N) is 2. The van der Waals surface area contributed by atoms with E-state index in [1.807, 2.05) is 43.3 Å². The summed E-state index contributed by atoms with van der Waals surface area (Å²) in [5, 5.41) is 0. The third-order valence-electron chi connectivity index (χ3n) is 4.74. The molecule has 0 radical (unpaired) electrons. The number of nitrogens with two attached hydrogens (primary N) is 2. The van der Waals surface area contributed by atoms with Gasteiger partial charge in [0.1, 0.15) is 17.3 Å². The first-order chi connectivity index (χ1) is 15.4. The minimum Gasteiger partial charge on any atom is -0.493 e. The Bertz CT molecular complexity index is 1230. The molecule has 32 heavy (non-hydrogen) atoms. The predicted molar refractivity (Wildman–Crippen MR) is 125 cm³/mol. The Kier molecular flexibility index (Phi) is 6.91. The smallest absolute Gasteiger partial charge is 0.333 e. The Labute approximate surface area is 185 Å². The third kappa shape index (κ3) is 4.79. The highest BCUT2D eigenvalue weighted by atomic mass is 16.5. The van der Waals surface area contributed by atoms with E-state index in [0.717, 1.165) is 16.7 Å². The molecule has 0 atom stereocenters. The molecule has 0 aliphatic rings. The number of aromatic nitrogens is 2. The number of hydrazine groups is 1. The van der Waals surface area contributed by atoms with Crippen molar-refractivity contribution in [2.45, 2.75) is 13.8 Å². The Hall–Kier alpha value is -4.11. The topological polar surface area (TPSA) is 145 Å². The summed E-state index contributed by atoms with van der Waals surface area (Å²) in [6, 6.07) is 13.3. The summed E-state index contributed by atoms with van der Waals surface area (Å²) in [6.07, 6.45) is 1.76. The number of ether oxygens (including phenoxy) is 2. The molecule has 0 bridgehead atoms.